The zero-order valence-electron chi connectivity index (χ0n) is 17.6. The average molecular weight is 481 g/mol. The van der Waals surface area contributed by atoms with E-state index >= 15 is 0 Å². The lowest BCUT2D eigenvalue weighted by atomic mass is 10.2. The Bertz CT molecular complexity index is 958. The number of fused-ring (bicyclic) bond motifs is 1. The largest absolute Gasteiger partial charge is 0.497 e. The molecule has 162 valence electrons. The number of hydrogen-bond acceptors (Lipinski definition) is 7. The Balaban J connectivity index is 1.83. The number of ether oxygens (including phenoxy) is 4. The molecule has 3 rings (SSSR count). The lowest BCUT2D eigenvalue weighted by Gasteiger charge is -2.27. The highest BCUT2D eigenvalue weighted by Gasteiger charge is 2.43. The summed E-state index contributed by atoms with van der Waals surface area (Å²) in [4.78, 5) is 30.7. The normalized spacial score (nSPS) is 18.9. The number of halogens is 1. The topological polar surface area (TPSA) is 87.2 Å². The lowest BCUT2D eigenvalue weighted by molar-refractivity contribution is -0.145. The summed E-state index contributed by atoms with van der Waals surface area (Å²) in [5.41, 5.74) is 0.102. The molecule has 0 unspecified atom stereocenters. The molecular weight excluding hydrogens is 456 g/mol. The summed E-state index contributed by atoms with van der Waals surface area (Å²) >= 11 is 3.44. The molecule has 1 aromatic carbocycles. The summed E-state index contributed by atoms with van der Waals surface area (Å²) < 4.78 is 22.2. The van der Waals surface area contributed by atoms with Gasteiger partial charge in [0, 0.05) is 11.8 Å². The molecule has 0 radical (unpaired) electrons. The first-order valence-electron chi connectivity index (χ1n) is 9.49. The van der Waals surface area contributed by atoms with Gasteiger partial charge in [-0.05, 0) is 61.0 Å². The number of benzene rings is 1. The molecule has 8 nitrogen and oxygen atoms in total. The van der Waals surface area contributed by atoms with Gasteiger partial charge in [-0.2, -0.15) is 0 Å². The molecule has 2 aromatic rings. The molecule has 30 heavy (non-hydrogen) atoms. The standard InChI is InChI=1S/C21H25BrN2O6/c1-21(2,3)30-20(26)24-11-14(10-16(24)19(25)28-5)29-17-9-12-8-13(27-4)6-7-15(12)23-18(17)22/h6-9,14,16H,10-11H2,1-5H3/t14-,16+/m1/s1. The smallest absolute Gasteiger partial charge is 0.411 e. The van der Waals surface area contributed by atoms with Crippen molar-refractivity contribution >= 4 is 38.9 Å². The van der Waals surface area contributed by atoms with Gasteiger partial charge in [-0.3, -0.25) is 4.90 Å². The van der Waals surface area contributed by atoms with Crippen LogP contribution in [0, 0.1) is 0 Å². The first-order chi connectivity index (χ1) is 14.1. The first kappa shape index (κ1) is 22.1. The Labute approximate surface area is 183 Å². The van der Waals surface area contributed by atoms with Crippen molar-refractivity contribution < 1.29 is 28.5 Å². The van der Waals surface area contributed by atoms with Crippen LogP contribution in [-0.2, 0) is 14.3 Å². The minimum atomic E-state index is -0.776. The van der Waals surface area contributed by atoms with Gasteiger partial charge in [0.05, 0.1) is 26.3 Å². The second kappa shape index (κ2) is 8.67. The lowest BCUT2D eigenvalue weighted by Crippen LogP contribution is -2.44. The minimum Gasteiger partial charge on any atom is -0.497 e. The molecule has 0 bridgehead atoms. The fourth-order valence-electron chi connectivity index (χ4n) is 3.27. The van der Waals surface area contributed by atoms with Crippen LogP contribution >= 0.6 is 15.9 Å². The maximum absolute atomic E-state index is 12.6. The van der Waals surface area contributed by atoms with Gasteiger partial charge in [0.2, 0.25) is 0 Å². The minimum absolute atomic E-state index is 0.192. The fraction of sp³-hybridized carbons (Fsp3) is 0.476. The van der Waals surface area contributed by atoms with Crippen molar-refractivity contribution in [3.63, 3.8) is 0 Å². The van der Waals surface area contributed by atoms with Crippen LogP contribution in [0.3, 0.4) is 0 Å². The quantitative estimate of drug-likeness (QED) is 0.483. The third-order valence-corrected chi connectivity index (χ3v) is 5.17. The maximum atomic E-state index is 12.6. The van der Waals surface area contributed by atoms with Gasteiger partial charge in [0.25, 0.3) is 0 Å². The Hall–Kier alpha value is -2.55. The van der Waals surface area contributed by atoms with E-state index in [4.69, 9.17) is 18.9 Å². The molecule has 2 atom stereocenters. The summed E-state index contributed by atoms with van der Waals surface area (Å²) in [6.07, 6.45) is -0.721. The van der Waals surface area contributed by atoms with E-state index in [0.717, 1.165) is 10.9 Å². The number of methoxy groups -OCH3 is 2. The molecule has 0 spiro atoms. The number of amides is 1. The number of carbonyl (C=O) groups is 2. The van der Waals surface area contributed by atoms with Crippen LogP contribution in [0.25, 0.3) is 10.9 Å². The SMILES string of the molecule is COC(=O)[C@@H]1C[C@@H](Oc2cc3cc(OC)ccc3nc2Br)CN1C(=O)OC(C)(C)C. The van der Waals surface area contributed by atoms with Crippen LogP contribution in [-0.4, -0.2) is 60.5 Å². The Morgan fingerprint density at radius 1 is 1.20 bits per heavy atom. The van der Waals surface area contributed by atoms with Gasteiger partial charge in [-0.1, -0.05) is 0 Å². The number of aromatic nitrogens is 1. The van der Waals surface area contributed by atoms with E-state index in [1.165, 1.54) is 12.0 Å². The Morgan fingerprint density at radius 3 is 2.57 bits per heavy atom. The average Bonchev–Trinajstić information content (AvgIpc) is 3.10. The predicted molar refractivity (Wildman–Crippen MR) is 114 cm³/mol. The molecular formula is C21H25BrN2O6. The van der Waals surface area contributed by atoms with Crippen molar-refractivity contribution in [3.05, 3.63) is 28.9 Å². The second-order valence-corrected chi connectivity index (χ2v) is 8.73. The number of pyridine rings is 1. The number of carbonyl (C=O) groups excluding carboxylic acids is 2. The number of likely N-dealkylation sites (tertiary alicyclic amines) is 1. The van der Waals surface area contributed by atoms with Crippen molar-refractivity contribution in [1.82, 2.24) is 9.88 Å². The third-order valence-electron chi connectivity index (χ3n) is 4.60. The first-order valence-corrected chi connectivity index (χ1v) is 10.3. The summed E-state index contributed by atoms with van der Waals surface area (Å²) in [5, 5.41) is 0.846. The molecule has 1 saturated heterocycles. The Kier molecular flexibility index (Phi) is 6.40. The monoisotopic (exact) mass is 480 g/mol. The molecule has 9 heteroatoms. The van der Waals surface area contributed by atoms with Gasteiger partial charge >= 0.3 is 12.1 Å². The predicted octanol–water partition coefficient (Wildman–Crippen LogP) is 3.94. The second-order valence-electron chi connectivity index (χ2n) is 7.98. The van der Waals surface area contributed by atoms with Crippen LogP contribution < -0.4 is 9.47 Å². The third kappa shape index (κ3) is 4.95. The van der Waals surface area contributed by atoms with E-state index in [1.807, 2.05) is 24.3 Å². The molecule has 1 aromatic heterocycles. The maximum Gasteiger partial charge on any atom is 0.411 e. The highest BCUT2D eigenvalue weighted by Crippen LogP contribution is 2.33. The van der Waals surface area contributed by atoms with E-state index in [1.54, 1.807) is 27.9 Å². The van der Waals surface area contributed by atoms with Crippen LogP contribution in [0.4, 0.5) is 4.79 Å². The van der Waals surface area contributed by atoms with Crippen LogP contribution in [0.5, 0.6) is 11.5 Å². The van der Waals surface area contributed by atoms with Crippen LogP contribution in [0.15, 0.2) is 28.9 Å². The number of nitrogens with zero attached hydrogens (tertiary/aromatic N) is 2. The molecule has 0 N–H and O–H groups in total. The van der Waals surface area contributed by atoms with Crippen LogP contribution in [0.1, 0.15) is 27.2 Å². The fourth-order valence-corrected chi connectivity index (χ4v) is 3.66. The molecule has 1 aliphatic heterocycles. The van der Waals surface area contributed by atoms with E-state index in [0.29, 0.717) is 16.1 Å². The van der Waals surface area contributed by atoms with E-state index < -0.39 is 29.8 Å². The molecule has 0 aliphatic carbocycles. The summed E-state index contributed by atoms with van der Waals surface area (Å²) in [7, 11) is 2.89. The highest BCUT2D eigenvalue weighted by molar-refractivity contribution is 9.10. The number of hydrogen-bond donors (Lipinski definition) is 0. The molecule has 0 saturated carbocycles. The van der Waals surface area contributed by atoms with Gasteiger partial charge in [0.15, 0.2) is 5.75 Å². The van der Waals surface area contributed by atoms with E-state index in [9.17, 15) is 9.59 Å². The van der Waals surface area contributed by atoms with E-state index in [-0.39, 0.29) is 13.0 Å². The molecule has 1 amide bonds. The summed E-state index contributed by atoms with van der Waals surface area (Å²) in [6.45, 7) is 5.51. The van der Waals surface area contributed by atoms with Gasteiger partial charge in [-0.15, -0.1) is 0 Å². The van der Waals surface area contributed by atoms with Crippen molar-refractivity contribution in [2.75, 3.05) is 20.8 Å². The molecule has 1 fully saturated rings. The van der Waals surface area contributed by atoms with Crippen molar-refractivity contribution in [2.24, 2.45) is 0 Å². The Morgan fingerprint density at radius 2 is 1.93 bits per heavy atom. The van der Waals surface area contributed by atoms with Gasteiger partial charge < -0.3 is 18.9 Å². The van der Waals surface area contributed by atoms with Crippen LogP contribution in [0.2, 0.25) is 0 Å². The molecule has 2 heterocycles. The highest BCUT2D eigenvalue weighted by atomic mass is 79.9. The zero-order chi connectivity index (χ0) is 22.1. The zero-order valence-corrected chi connectivity index (χ0v) is 19.2. The van der Waals surface area contributed by atoms with Gasteiger partial charge in [-0.25, -0.2) is 14.6 Å². The van der Waals surface area contributed by atoms with Gasteiger partial charge in [0.1, 0.15) is 28.1 Å². The summed E-state index contributed by atoms with van der Waals surface area (Å²) in [6, 6.07) is 6.62. The number of rotatable bonds is 4. The van der Waals surface area contributed by atoms with Crippen molar-refractivity contribution in [2.45, 2.75) is 44.9 Å². The van der Waals surface area contributed by atoms with Crippen molar-refractivity contribution in [3.8, 4) is 11.5 Å². The van der Waals surface area contributed by atoms with E-state index in [2.05, 4.69) is 20.9 Å². The molecule has 1 aliphatic rings. The van der Waals surface area contributed by atoms with Crippen molar-refractivity contribution in [1.29, 1.82) is 0 Å². The summed E-state index contributed by atoms with van der Waals surface area (Å²) in [5.74, 6) is 0.711. The number of esters is 1.